The molecule has 0 saturated heterocycles. The fourth-order valence-electron chi connectivity index (χ4n) is 4.10. The van der Waals surface area contributed by atoms with Crippen LogP contribution in [-0.2, 0) is 28.9 Å². The molecule has 3 aromatic rings. The van der Waals surface area contributed by atoms with E-state index < -0.39 is 11.5 Å². The third kappa shape index (κ3) is 3.01. The van der Waals surface area contributed by atoms with Gasteiger partial charge < -0.3 is 20.1 Å². The Hall–Kier alpha value is -3.28. The molecule has 3 N–H and O–H groups in total. The van der Waals surface area contributed by atoms with Crippen molar-refractivity contribution < 1.29 is 19.4 Å². The molecule has 1 aromatic heterocycles. The van der Waals surface area contributed by atoms with Crippen molar-refractivity contribution in [2.75, 3.05) is 7.11 Å². The summed E-state index contributed by atoms with van der Waals surface area (Å²) < 4.78 is 5.29. The van der Waals surface area contributed by atoms with Crippen LogP contribution in [0.15, 0.2) is 42.5 Å². The number of aryl methyl sites for hydroxylation is 1. The van der Waals surface area contributed by atoms with Crippen LogP contribution in [-0.4, -0.2) is 34.6 Å². The van der Waals surface area contributed by atoms with Crippen molar-refractivity contribution in [2.45, 2.75) is 31.7 Å². The lowest BCUT2D eigenvalue weighted by Gasteiger charge is -2.25. The highest BCUT2D eigenvalue weighted by molar-refractivity contribution is 5.93. The summed E-state index contributed by atoms with van der Waals surface area (Å²) in [5.41, 5.74) is 3.30. The highest BCUT2D eigenvalue weighted by Gasteiger charge is 2.45. The summed E-state index contributed by atoms with van der Waals surface area (Å²) in [6.07, 6.45) is 0.695. The van der Waals surface area contributed by atoms with Gasteiger partial charge in [0.2, 0.25) is 5.91 Å². The number of carboxylic acids is 1. The Morgan fingerprint density at radius 2 is 1.86 bits per heavy atom. The van der Waals surface area contributed by atoms with E-state index in [1.54, 1.807) is 7.11 Å². The van der Waals surface area contributed by atoms with E-state index in [1.807, 2.05) is 49.4 Å². The Morgan fingerprint density at radius 3 is 2.46 bits per heavy atom. The van der Waals surface area contributed by atoms with Gasteiger partial charge in [0.15, 0.2) is 0 Å². The van der Waals surface area contributed by atoms with Crippen molar-refractivity contribution in [1.29, 1.82) is 0 Å². The summed E-state index contributed by atoms with van der Waals surface area (Å²) in [6.45, 7) is 1.91. The predicted octanol–water partition coefficient (Wildman–Crippen LogP) is 2.77. The molecule has 0 radical (unpaired) electrons. The lowest BCUT2D eigenvalue weighted by atomic mass is 9.95. The number of carboxylic acid groups (broad SMARTS) is 1. The van der Waals surface area contributed by atoms with Gasteiger partial charge in [-0.2, -0.15) is 0 Å². The van der Waals surface area contributed by atoms with Gasteiger partial charge in [0.1, 0.15) is 11.3 Å². The summed E-state index contributed by atoms with van der Waals surface area (Å²) in [4.78, 5) is 28.2. The minimum atomic E-state index is -1.29. The van der Waals surface area contributed by atoms with Crippen LogP contribution in [0.4, 0.5) is 0 Å². The zero-order valence-electron chi connectivity index (χ0n) is 15.8. The van der Waals surface area contributed by atoms with Crippen LogP contribution in [0.3, 0.4) is 0 Å². The second-order valence-electron chi connectivity index (χ2n) is 7.37. The largest absolute Gasteiger partial charge is 0.497 e. The Morgan fingerprint density at radius 1 is 1.18 bits per heavy atom. The molecule has 0 atom stereocenters. The molecule has 0 spiro atoms. The Balaban J connectivity index is 1.60. The Kier molecular flexibility index (Phi) is 4.34. The average Bonchev–Trinajstić information content (AvgIpc) is 3.19. The Bertz CT molecular complexity index is 1060. The van der Waals surface area contributed by atoms with E-state index in [2.05, 4.69) is 10.3 Å². The fourth-order valence-corrected chi connectivity index (χ4v) is 4.10. The van der Waals surface area contributed by atoms with Gasteiger partial charge in [-0.05, 0) is 41.8 Å². The molecule has 0 saturated carbocycles. The number of fused-ring (bicyclic) bond motifs is 2. The highest BCUT2D eigenvalue weighted by atomic mass is 16.5. The van der Waals surface area contributed by atoms with E-state index >= 15 is 0 Å². The number of amides is 1. The number of aliphatic carboxylic acids is 1. The number of aromatic amines is 1. The molecule has 2 aromatic carbocycles. The lowest BCUT2D eigenvalue weighted by molar-refractivity contribution is -0.147. The topological polar surface area (TPSA) is 91.4 Å². The summed E-state index contributed by atoms with van der Waals surface area (Å²) in [7, 11) is 1.60. The SMILES string of the molecule is COc1ccc2[nH]c(C)c(CC(=O)NC3(C(=O)O)Cc4ccccc4C3)c2c1. The zero-order chi connectivity index (χ0) is 19.9. The maximum Gasteiger partial charge on any atom is 0.330 e. The normalized spacial score (nSPS) is 14.6. The lowest BCUT2D eigenvalue weighted by Crippen LogP contribution is -2.55. The van der Waals surface area contributed by atoms with E-state index in [4.69, 9.17) is 4.74 Å². The second kappa shape index (κ2) is 6.71. The summed E-state index contributed by atoms with van der Waals surface area (Å²) in [5, 5.41) is 13.6. The molecule has 6 heteroatoms. The number of nitrogens with one attached hydrogen (secondary N) is 2. The van der Waals surface area contributed by atoms with Gasteiger partial charge in [-0.1, -0.05) is 24.3 Å². The van der Waals surface area contributed by atoms with Crippen molar-refractivity contribution in [2.24, 2.45) is 0 Å². The molecule has 1 aliphatic rings. The first kappa shape index (κ1) is 18.1. The quantitative estimate of drug-likeness (QED) is 0.637. The number of H-pyrrole nitrogens is 1. The molecule has 4 rings (SSSR count). The standard InChI is InChI=1S/C22H22N2O4/c1-13-17(18-9-16(28-2)7-8-19(18)23-13)10-20(25)24-22(21(26)27)11-14-5-3-4-6-15(14)12-22/h3-9,23H,10-12H2,1-2H3,(H,24,25)(H,26,27). The molecule has 0 unspecified atom stereocenters. The number of methoxy groups -OCH3 is 1. The molecule has 0 fully saturated rings. The van der Waals surface area contributed by atoms with Gasteiger partial charge in [0, 0.05) is 29.4 Å². The Labute approximate surface area is 162 Å². The van der Waals surface area contributed by atoms with Crippen LogP contribution in [0.1, 0.15) is 22.4 Å². The van der Waals surface area contributed by atoms with Gasteiger partial charge in [0.05, 0.1) is 13.5 Å². The molecule has 28 heavy (non-hydrogen) atoms. The monoisotopic (exact) mass is 378 g/mol. The maximum absolute atomic E-state index is 12.9. The molecular weight excluding hydrogens is 356 g/mol. The van der Waals surface area contributed by atoms with E-state index in [0.717, 1.165) is 33.3 Å². The maximum atomic E-state index is 12.9. The number of benzene rings is 2. The molecule has 1 amide bonds. The van der Waals surface area contributed by atoms with E-state index in [1.165, 1.54) is 0 Å². The van der Waals surface area contributed by atoms with Crippen LogP contribution >= 0.6 is 0 Å². The summed E-state index contributed by atoms with van der Waals surface area (Å²) in [5.74, 6) is -0.599. The van der Waals surface area contributed by atoms with E-state index in [9.17, 15) is 14.7 Å². The highest BCUT2D eigenvalue weighted by Crippen LogP contribution is 2.31. The van der Waals surface area contributed by atoms with Crippen molar-refractivity contribution >= 4 is 22.8 Å². The summed E-state index contributed by atoms with van der Waals surface area (Å²) in [6, 6.07) is 13.3. The van der Waals surface area contributed by atoms with Crippen LogP contribution in [0.2, 0.25) is 0 Å². The number of hydrogen-bond acceptors (Lipinski definition) is 3. The van der Waals surface area contributed by atoms with Crippen molar-refractivity contribution in [1.82, 2.24) is 10.3 Å². The number of carbonyl (C=O) groups excluding carboxylic acids is 1. The van der Waals surface area contributed by atoms with Crippen LogP contribution in [0, 0.1) is 6.92 Å². The zero-order valence-corrected chi connectivity index (χ0v) is 15.8. The van der Waals surface area contributed by atoms with Gasteiger partial charge in [-0.25, -0.2) is 4.79 Å². The summed E-state index contributed by atoms with van der Waals surface area (Å²) >= 11 is 0. The van der Waals surface area contributed by atoms with Gasteiger partial charge in [0.25, 0.3) is 0 Å². The number of hydrogen-bond donors (Lipinski definition) is 3. The fraction of sp³-hybridized carbons (Fsp3) is 0.273. The number of ether oxygens (including phenoxy) is 1. The van der Waals surface area contributed by atoms with E-state index in [-0.39, 0.29) is 12.3 Å². The number of aromatic nitrogens is 1. The molecule has 1 heterocycles. The first-order valence-electron chi connectivity index (χ1n) is 9.18. The third-order valence-electron chi connectivity index (χ3n) is 5.55. The molecule has 0 bridgehead atoms. The first-order chi connectivity index (χ1) is 13.4. The molecular formula is C22H22N2O4. The minimum Gasteiger partial charge on any atom is -0.497 e. The smallest absolute Gasteiger partial charge is 0.330 e. The van der Waals surface area contributed by atoms with E-state index in [0.29, 0.717) is 18.6 Å². The van der Waals surface area contributed by atoms with Crippen LogP contribution in [0.5, 0.6) is 5.75 Å². The van der Waals surface area contributed by atoms with Crippen molar-refractivity contribution in [3.05, 3.63) is 64.8 Å². The second-order valence-corrected chi connectivity index (χ2v) is 7.37. The van der Waals surface area contributed by atoms with Gasteiger partial charge in [-0.3, -0.25) is 4.79 Å². The van der Waals surface area contributed by atoms with Crippen LogP contribution < -0.4 is 10.1 Å². The van der Waals surface area contributed by atoms with Crippen molar-refractivity contribution in [3.8, 4) is 5.75 Å². The molecule has 6 nitrogen and oxygen atoms in total. The van der Waals surface area contributed by atoms with Gasteiger partial charge >= 0.3 is 5.97 Å². The minimum absolute atomic E-state index is 0.102. The van der Waals surface area contributed by atoms with Crippen molar-refractivity contribution in [3.63, 3.8) is 0 Å². The average molecular weight is 378 g/mol. The van der Waals surface area contributed by atoms with Crippen LogP contribution in [0.25, 0.3) is 10.9 Å². The number of rotatable bonds is 5. The molecule has 1 aliphatic carbocycles. The molecule has 144 valence electrons. The van der Waals surface area contributed by atoms with Gasteiger partial charge in [-0.15, -0.1) is 0 Å². The molecule has 0 aliphatic heterocycles. The first-order valence-corrected chi connectivity index (χ1v) is 9.18. The predicted molar refractivity (Wildman–Crippen MR) is 106 cm³/mol. The number of carbonyl (C=O) groups is 2. The third-order valence-corrected chi connectivity index (χ3v) is 5.55.